The highest BCUT2D eigenvalue weighted by atomic mass is 32.2. The summed E-state index contributed by atoms with van der Waals surface area (Å²) < 4.78 is 30.3. The number of hydrogen-bond acceptors (Lipinski definition) is 5. The summed E-state index contributed by atoms with van der Waals surface area (Å²) in [6.45, 7) is 4.16. The summed E-state index contributed by atoms with van der Waals surface area (Å²) in [6, 6.07) is 18.6. The van der Waals surface area contributed by atoms with Crippen LogP contribution in [0.25, 0.3) is 0 Å². The number of hydrogen-bond donors (Lipinski definition) is 1. The van der Waals surface area contributed by atoms with Gasteiger partial charge in [0.15, 0.2) is 0 Å². The predicted molar refractivity (Wildman–Crippen MR) is 136 cm³/mol. The van der Waals surface area contributed by atoms with E-state index in [-0.39, 0.29) is 23.9 Å². The quantitative estimate of drug-likeness (QED) is 0.434. The van der Waals surface area contributed by atoms with Crippen molar-refractivity contribution in [2.24, 2.45) is 7.05 Å². The number of fused-ring (bicyclic) bond motifs is 1. The zero-order chi connectivity index (χ0) is 25.4. The van der Waals surface area contributed by atoms with Gasteiger partial charge in [0.1, 0.15) is 4.90 Å². The van der Waals surface area contributed by atoms with Gasteiger partial charge in [-0.05, 0) is 38.1 Å². The number of H-pyrrole nitrogens is 1. The smallest absolute Gasteiger partial charge is 0.258 e. The summed E-state index contributed by atoms with van der Waals surface area (Å²) >= 11 is 0. The van der Waals surface area contributed by atoms with Crippen molar-refractivity contribution in [3.8, 4) is 0 Å². The van der Waals surface area contributed by atoms with E-state index < -0.39 is 10.0 Å². The average molecular weight is 505 g/mol. The van der Waals surface area contributed by atoms with E-state index in [4.69, 9.17) is 5.10 Å². The Morgan fingerprint density at radius 1 is 1.06 bits per heavy atom. The molecule has 1 amide bonds. The molecule has 1 N–H and O–H groups in total. The number of aryl methyl sites for hydroxylation is 3. The fourth-order valence-corrected chi connectivity index (χ4v) is 6.54. The van der Waals surface area contributed by atoms with Crippen LogP contribution in [0.15, 0.2) is 65.6 Å². The standard InChI is InChI=1S/C26H28N6O3S/c1-18-25(19(2)28-27-18)36(34,35)31-15-14-24-22(16-31)23(29-30(24)3)17-32(21-12-8-5-9-13-21)26(33)20-10-6-4-7-11-20/h4-13H,14-17H2,1-3H3,(H,27,28). The second-order valence-corrected chi connectivity index (χ2v) is 10.8. The summed E-state index contributed by atoms with van der Waals surface area (Å²) in [5.41, 5.74) is 4.80. The van der Waals surface area contributed by atoms with E-state index in [9.17, 15) is 13.2 Å². The molecule has 36 heavy (non-hydrogen) atoms. The van der Waals surface area contributed by atoms with E-state index >= 15 is 0 Å². The maximum Gasteiger partial charge on any atom is 0.258 e. The molecule has 4 aromatic rings. The number of benzene rings is 2. The van der Waals surface area contributed by atoms with Crippen LogP contribution in [0, 0.1) is 13.8 Å². The first-order chi connectivity index (χ1) is 17.3. The van der Waals surface area contributed by atoms with E-state index in [0.717, 1.165) is 16.9 Å². The Labute approximate surface area is 210 Å². The molecule has 5 rings (SSSR count). The van der Waals surface area contributed by atoms with Gasteiger partial charge in [0.2, 0.25) is 10.0 Å². The van der Waals surface area contributed by atoms with Crippen LogP contribution in [0.1, 0.15) is 38.7 Å². The lowest BCUT2D eigenvalue weighted by atomic mass is 10.1. The first-order valence-electron chi connectivity index (χ1n) is 11.7. The molecular formula is C26H28N6O3S. The maximum absolute atomic E-state index is 13.6. The fraction of sp³-hybridized carbons (Fsp3) is 0.269. The molecule has 9 nitrogen and oxygen atoms in total. The normalized spacial score (nSPS) is 14.0. The van der Waals surface area contributed by atoms with Crippen LogP contribution in [-0.4, -0.2) is 45.2 Å². The van der Waals surface area contributed by atoms with Gasteiger partial charge in [-0.2, -0.15) is 14.5 Å². The van der Waals surface area contributed by atoms with Crippen LogP contribution in [0.5, 0.6) is 0 Å². The van der Waals surface area contributed by atoms with E-state index in [1.807, 2.05) is 55.6 Å². The minimum atomic E-state index is -3.75. The number of para-hydroxylation sites is 1. The molecule has 0 radical (unpaired) electrons. The molecule has 0 bridgehead atoms. The number of aromatic amines is 1. The molecule has 2 aromatic heterocycles. The SMILES string of the molecule is Cc1n[nH]c(C)c1S(=O)(=O)N1CCc2c(c(CN(C(=O)c3ccccc3)c3ccccc3)nn2C)C1. The largest absolute Gasteiger partial charge is 0.302 e. The van der Waals surface area contributed by atoms with Gasteiger partial charge in [-0.1, -0.05) is 36.4 Å². The maximum atomic E-state index is 13.6. The number of aromatic nitrogens is 4. The van der Waals surface area contributed by atoms with Gasteiger partial charge < -0.3 is 4.90 Å². The topological polar surface area (TPSA) is 104 Å². The number of carbonyl (C=O) groups is 1. The lowest BCUT2D eigenvalue weighted by Crippen LogP contribution is -2.37. The Balaban J connectivity index is 1.51. The van der Waals surface area contributed by atoms with Crippen molar-refractivity contribution in [2.45, 2.75) is 38.3 Å². The summed E-state index contributed by atoms with van der Waals surface area (Å²) in [4.78, 5) is 15.5. The van der Waals surface area contributed by atoms with E-state index in [2.05, 4.69) is 10.2 Å². The van der Waals surface area contributed by atoms with Crippen molar-refractivity contribution in [1.82, 2.24) is 24.3 Å². The number of carbonyl (C=O) groups excluding carboxylic acids is 1. The van der Waals surface area contributed by atoms with Crippen LogP contribution in [0.4, 0.5) is 5.69 Å². The Kier molecular flexibility index (Phi) is 6.23. The fourth-order valence-electron chi connectivity index (χ4n) is 4.80. The predicted octanol–water partition coefficient (Wildman–Crippen LogP) is 3.35. The molecule has 1 aliphatic rings. The van der Waals surface area contributed by atoms with Gasteiger partial charge in [-0.25, -0.2) is 8.42 Å². The van der Waals surface area contributed by atoms with Crippen LogP contribution in [0.3, 0.4) is 0 Å². The third-order valence-electron chi connectivity index (χ3n) is 6.59. The minimum Gasteiger partial charge on any atom is -0.302 e. The van der Waals surface area contributed by atoms with Crippen molar-refractivity contribution in [3.05, 3.63) is 94.6 Å². The number of rotatable bonds is 6. The molecule has 10 heteroatoms. The van der Waals surface area contributed by atoms with Crippen LogP contribution < -0.4 is 4.90 Å². The van der Waals surface area contributed by atoms with E-state index in [0.29, 0.717) is 35.6 Å². The summed E-state index contributed by atoms with van der Waals surface area (Å²) in [6.07, 6.45) is 0.534. The number of anilines is 1. The van der Waals surface area contributed by atoms with Crippen molar-refractivity contribution in [1.29, 1.82) is 0 Å². The van der Waals surface area contributed by atoms with Crippen molar-refractivity contribution < 1.29 is 13.2 Å². The lowest BCUT2D eigenvalue weighted by molar-refractivity contribution is 0.0984. The van der Waals surface area contributed by atoms with Gasteiger partial charge in [0.05, 0.1) is 23.6 Å². The van der Waals surface area contributed by atoms with Gasteiger partial charge >= 0.3 is 0 Å². The number of sulfonamides is 1. The Hall–Kier alpha value is -3.76. The zero-order valence-electron chi connectivity index (χ0n) is 20.5. The van der Waals surface area contributed by atoms with Crippen LogP contribution >= 0.6 is 0 Å². The van der Waals surface area contributed by atoms with Gasteiger partial charge in [0, 0.05) is 49.1 Å². The second kappa shape index (κ2) is 9.36. The van der Waals surface area contributed by atoms with Crippen molar-refractivity contribution in [2.75, 3.05) is 11.4 Å². The van der Waals surface area contributed by atoms with Gasteiger partial charge in [-0.3, -0.25) is 14.6 Å². The summed E-state index contributed by atoms with van der Waals surface area (Å²) in [5, 5.41) is 11.6. The van der Waals surface area contributed by atoms with E-state index in [1.165, 1.54) is 4.31 Å². The summed E-state index contributed by atoms with van der Waals surface area (Å²) in [5.74, 6) is -0.147. The Bertz CT molecular complexity index is 1490. The minimum absolute atomic E-state index is 0.147. The first-order valence-corrected chi connectivity index (χ1v) is 13.2. The third kappa shape index (κ3) is 4.22. The van der Waals surface area contributed by atoms with Gasteiger partial charge in [0.25, 0.3) is 5.91 Å². The van der Waals surface area contributed by atoms with Gasteiger partial charge in [-0.15, -0.1) is 0 Å². The lowest BCUT2D eigenvalue weighted by Gasteiger charge is -2.28. The van der Waals surface area contributed by atoms with Crippen molar-refractivity contribution >= 4 is 21.6 Å². The number of nitrogens with one attached hydrogen (secondary N) is 1. The highest BCUT2D eigenvalue weighted by Crippen LogP contribution is 2.30. The number of amides is 1. The molecule has 0 saturated heterocycles. The molecule has 0 saturated carbocycles. The molecule has 0 spiro atoms. The number of nitrogens with zero attached hydrogens (tertiary/aromatic N) is 5. The highest BCUT2D eigenvalue weighted by molar-refractivity contribution is 7.89. The third-order valence-corrected chi connectivity index (χ3v) is 8.70. The Morgan fingerprint density at radius 3 is 2.36 bits per heavy atom. The first kappa shape index (κ1) is 24.0. The molecule has 0 aliphatic carbocycles. The van der Waals surface area contributed by atoms with Crippen LogP contribution in [-0.2, 0) is 36.6 Å². The highest BCUT2D eigenvalue weighted by Gasteiger charge is 2.35. The molecule has 186 valence electrons. The zero-order valence-corrected chi connectivity index (χ0v) is 21.3. The monoisotopic (exact) mass is 504 g/mol. The molecule has 2 aromatic carbocycles. The van der Waals surface area contributed by atoms with E-state index in [1.54, 1.807) is 35.6 Å². The van der Waals surface area contributed by atoms with Crippen LogP contribution in [0.2, 0.25) is 0 Å². The van der Waals surface area contributed by atoms with Crippen molar-refractivity contribution in [3.63, 3.8) is 0 Å². The molecular weight excluding hydrogens is 476 g/mol. The molecule has 3 heterocycles. The molecule has 0 unspecified atom stereocenters. The summed E-state index contributed by atoms with van der Waals surface area (Å²) in [7, 11) is -1.88. The molecule has 0 fully saturated rings. The second-order valence-electron chi connectivity index (χ2n) is 8.94. The Morgan fingerprint density at radius 2 is 1.72 bits per heavy atom. The average Bonchev–Trinajstić information content (AvgIpc) is 3.40. The molecule has 1 aliphatic heterocycles. The molecule has 0 atom stereocenters.